The molecule has 1 aliphatic rings. The zero-order chi connectivity index (χ0) is 19.0. The summed E-state index contributed by atoms with van der Waals surface area (Å²) in [4.78, 5) is 8.67. The number of aryl methyl sites for hydroxylation is 2. The molecule has 0 atom stereocenters. The van der Waals surface area contributed by atoms with Crippen LogP contribution in [0.2, 0.25) is 0 Å². The Balaban J connectivity index is 2.19. The minimum absolute atomic E-state index is 0.568. The second kappa shape index (κ2) is 7.64. The smallest absolute Gasteiger partial charge is 0.269 e. The van der Waals surface area contributed by atoms with E-state index in [0.717, 1.165) is 11.1 Å². The van der Waals surface area contributed by atoms with Gasteiger partial charge in [0.1, 0.15) is 11.6 Å². The minimum atomic E-state index is -3.13. The molecule has 3 heterocycles. The molecule has 0 aromatic carbocycles. The van der Waals surface area contributed by atoms with E-state index in [-0.39, 0.29) is 0 Å². The third-order valence-corrected chi connectivity index (χ3v) is 14.7. The summed E-state index contributed by atoms with van der Waals surface area (Å²) < 4.78 is 13.0. The Morgan fingerprint density at radius 2 is 1.19 bits per heavy atom. The van der Waals surface area contributed by atoms with E-state index in [1.807, 2.05) is 38.1 Å². The maximum absolute atomic E-state index is 6.30. The predicted molar refractivity (Wildman–Crippen MR) is 117 cm³/mol. The van der Waals surface area contributed by atoms with E-state index in [4.69, 9.17) is 45.0 Å². The SMILES string of the molecule is Cc1cccnc1NP1(Nc2ncccc2C)=NP(Cl)(Cl)=NP(Cl)(Cl)=N1. The Kier molecular flexibility index (Phi) is 6.02. The maximum Gasteiger partial charge on any atom is 0.269 e. The number of hydrogen-bond donors (Lipinski definition) is 2. The lowest BCUT2D eigenvalue weighted by Crippen LogP contribution is -2.09. The second-order valence-electron chi connectivity index (χ2n) is 5.34. The molecule has 2 N–H and O–H groups in total. The molecule has 0 amide bonds. The predicted octanol–water partition coefficient (Wildman–Crippen LogP) is 8.42. The Labute approximate surface area is 170 Å². The van der Waals surface area contributed by atoms with Gasteiger partial charge in [-0.05, 0) is 82.1 Å². The van der Waals surface area contributed by atoms with Gasteiger partial charge in [-0.25, -0.2) is 9.97 Å². The van der Waals surface area contributed by atoms with Gasteiger partial charge < -0.3 is 10.2 Å². The summed E-state index contributed by atoms with van der Waals surface area (Å²) in [6.45, 7) is 3.81. The van der Waals surface area contributed by atoms with Gasteiger partial charge in [-0.2, -0.15) is 13.5 Å². The van der Waals surface area contributed by atoms with Gasteiger partial charge in [0.05, 0.1) is 0 Å². The Hall–Kier alpha value is -0.250. The van der Waals surface area contributed by atoms with Crippen LogP contribution in [0.15, 0.2) is 50.2 Å². The summed E-state index contributed by atoms with van der Waals surface area (Å²) in [5.41, 5.74) is 1.78. The standard InChI is InChI=1S/C12H14Cl4N7P3/c1-9-5-3-7-17-11(9)19-26(20-12-10(2)6-4-8-18-12)22-24(13,14)21-25(15,16)23-26/h3-8H,1-2H3,(H,17,19)(H,18,20). The summed E-state index contributed by atoms with van der Waals surface area (Å²) in [6, 6.07) is 7.46. The normalized spacial score (nSPS) is 19.5. The molecule has 0 aliphatic carbocycles. The van der Waals surface area contributed by atoms with Crippen molar-refractivity contribution >= 4 is 75.9 Å². The fourth-order valence-electron chi connectivity index (χ4n) is 2.11. The number of nitrogens with one attached hydrogen (secondary N) is 2. The van der Waals surface area contributed by atoms with Gasteiger partial charge in [-0.3, -0.25) is 0 Å². The van der Waals surface area contributed by atoms with E-state index in [0.29, 0.717) is 11.6 Å². The summed E-state index contributed by atoms with van der Waals surface area (Å²) in [7, 11) is -3.03. The summed E-state index contributed by atoms with van der Waals surface area (Å²) in [5, 5.41) is 6.45. The molecule has 26 heavy (non-hydrogen) atoms. The van der Waals surface area contributed by atoms with Crippen molar-refractivity contribution in [1.82, 2.24) is 9.97 Å². The van der Waals surface area contributed by atoms with Crippen molar-refractivity contribution in [3.63, 3.8) is 0 Å². The molecule has 3 rings (SSSR count). The fraction of sp³-hybridized carbons (Fsp3) is 0.167. The molecule has 0 fully saturated rings. The number of pyridine rings is 2. The molecular weight excluding hydrogens is 477 g/mol. The van der Waals surface area contributed by atoms with Crippen molar-refractivity contribution in [2.45, 2.75) is 13.8 Å². The number of halogens is 4. The molecule has 2 aromatic rings. The van der Waals surface area contributed by atoms with Crippen LogP contribution in [0, 0.1) is 13.8 Å². The van der Waals surface area contributed by atoms with E-state index in [1.165, 1.54) is 0 Å². The van der Waals surface area contributed by atoms with Crippen molar-refractivity contribution < 1.29 is 0 Å². The number of hydrogen-bond acceptors (Lipinski definition) is 7. The molecule has 14 heteroatoms. The molecule has 1 aliphatic heterocycles. The van der Waals surface area contributed by atoms with Gasteiger partial charge >= 0.3 is 0 Å². The van der Waals surface area contributed by atoms with Gasteiger partial charge in [-0.15, -0.1) is 0 Å². The zero-order valence-electron chi connectivity index (χ0n) is 13.6. The van der Waals surface area contributed by atoms with Crippen LogP contribution >= 0.6 is 64.3 Å². The first-order valence-corrected chi connectivity index (χ1v) is 15.9. The minimum Gasteiger partial charge on any atom is -0.303 e. The summed E-state index contributed by atoms with van der Waals surface area (Å²) in [5.74, 6) is -5.12. The van der Waals surface area contributed by atoms with Crippen LogP contribution in [-0.4, -0.2) is 9.97 Å². The molecule has 0 spiro atoms. The average molecular weight is 491 g/mol. The summed E-state index contributed by atoms with van der Waals surface area (Å²) in [6.07, 6.45) is 3.31. The average Bonchev–Trinajstić information content (AvgIpc) is 2.49. The van der Waals surface area contributed by atoms with Gasteiger partial charge in [-0.1, -0.05) is 12.1 Å². The van der Waals surface area contributed by atoms with Crippen molar-refractivity contribution in [2.75, 3.05) is 10.2 Å². The first kappa shape index (κ1) is 20.5. The third-order valence-electron chi connectivity index (χ3n) is 3.23. The number of anilines is 2. The van der Waals surface area contributed by atoms with Gasteiger partial charge in [0.15, 0.2) is 0 Å². The van der Waals surface area contributed by atoms with E-state index in [2.05, 4.69) is 33.7 Å². The second-order valence-corrected chi connectivity index (χ2v) is 17.7. The first-order chi connectivity index (χ1) is 12.1. The fourth-order valence-corrected chi connectivity index (χ4v) is 17.2. The lowest BCUT2D eigenvalue weighted by molar-refractivity contribution is 1.26. The largest absolute Gasteiger partial charge is 0.303 e. The lowest BCUT2D eigenvalue weighted by Gasteiger charge is -2.29. The molecule has 0 bridgehead atoms. The molecule has 7 nitrogen and oxygen atoms in total. The highest BCUT2D eigenvalue weighted by Gasteiger charge is 2.35. The highest BCUT2D eigenvalue weighted by Crippen LogP contribution is 2.84. The van der Waals surface area contributed by atoms with E-state index < -0.39 is 19.3 Å². The van der Waals surface area contributed by atoms with E-state index >= 15 is 0 Å². The van der Waals surface area contributed by atoms with Crippen molar-refractivity contribution in [2.24, 2.45) is 13.5 Å². The molecule has 0 saturated heterocycles. The van der Waals surface area contributed by atoms with Crippen LogP contribution in [0.1, 0.15) is 11.1 Å². The van der Waals surface area contributed by atoms with Crippen molar-refractivity contribution in [3.8, 4) is 0 Å². The lowest BCUT2D eigenvalue weighted by atomic mass is 10.3. The van der Waals surface area contributed by atoms with Crippen LogP contribution < -0.4 is 10.2 Å². The topological polar surface area (TPSA) is 86.9 Å². The Morgan fingerprint density at radius 1 is 0.731 bits per heavy atom. The van der Waals surface area contributed by atoms with Crippen LogP contribution in [0.3, 0.4) is 0 Å². The van der Waals surface area contributed by atoms with Gasteiger partial charge in [0, 0.05) is 12.4 Å². The van der Waals surface area contributed by atoms with Crippen molar-refractivity contribution in [1.29, 1.82) is 0 Å². The highest BCUT2D eigenvalue weighted by atomic mass is 35.9. The maximum atomic E-state index is 6.30. The molecule has 0 radical (unpaired) electrons. The van der Waals surface area contributed by atoms with Gasteiger partial charge in [0.25, 0.3) is 19.3 Å². The third kappa shape index (κ3) is 4.97. The van der Waals surface area contributed by atoms with Crippen LogP contribution in [0.25, 0.3) is 0 Å². The number of nitrogens with zero attached hydrogens (tertiary/aromatic N) is 5. The van der Waals surface area contributed by atoms with Crippen LogP contribution in [0.5, 0.6) is 0 Å². The number of rotatable bonds is 4. The monoisotopic (exact) mass is 489 g/mol. The highest BCUT2D eigenvalue weighted by molar-refractivity contribution is 8.21. The molecule has 140 valence electrons. The quantitative estimate of drug-likeness (QED) is 0.421. The first-order valence-electron chi connectivity index (χ1n) is 7.20. The Morgan fingerprint density at radius 3 is 1.62 bits per heavy atom. The zero-order valence-corrected chi connectivity index (χ0v) is 19.3. The van der Waals surface area contributed by atoms with E-state index in [1.54, 1.807) is 12.4 Å². The number of aromatic nitrogens is 2. The Bertz CT molecular complexity index is 954. The molecule has 2 aromatic heterocycles. The van der Waals surface area contributed by atoms with Crippen molar-refractivity contribution in [3.05, 3.63) is 47.8 Å². The van der Waals surface area contributed by atoms with Crippen LogP contribution in [0.4, 0.5) is 11.6 Å². The van der Waals surface area contributed by atoms with E-state index in [9.17, 15) is 0 Å². The molecule has 0 saturated carbocycles. The van der Waals surface area contributed by atoms with Gasteiger partial charge in [0.2, 0.25) is 0 Å². The molecule has 0 unspecified atom stereocenters. The molecular formula is C12H14Cl4N7P3. The van der Waals surface area contributed by atoms with Crippen LogP contribution in [-0.2, 0) is 0 Å². The summed E-state index contributed by atoms with van der Waals surface area (Å²) >= 11 is 25.2.